The molecule has 4 heteroatoms. The van der Waals surface area contributed by atoms with Crippen LogP contribution in [-0.4, -0.2) is 18.2 Å². The Hall–Kier alpha value is -1.68. The molecular formula is C14H15FN2O. The van der Waals surface area contributed by atoms with Crippen molar-refractivity contribution >= 4 is 16.5 Å². The lowest BCUT2D eigenvalue weighted by molar-refractivity contribution is 0.427. The summed E-state index contributed by atoms with van der Waals surface area (Å²) in [7, 11) is 0. The number of fused-ring (bicyclic) bond motifs is 1. The first kappa shape index (κ1) is 11.4. The fraction of sp³-hybridized carbons (Fsp3) is 0.357. The quantitative estimate of drug-likeness (QED) is 0.840. The maximum atomic E-state index is 13.1. The number of aromatic nitrogens is 1. The Morgan fingerprint density at radius 2 is 2.22 bits per heavy atom. The molecule has 18 heavy (non-hydrogen) atoms. The number of nitrogens with zero attached hydrogens (tertiary/aromatic N) is 1. The predicted molar refractivity (Wildman–Crippen MR) is 68.6 cm³/mol. The fourth-order valence-corrected chi connectivity index (χ4v) is 2.39. The molecule has 0 spiro atoms. The zero-order valence-electron chi connectivity index (χ0n) is 10.5. The lowest BCUT2D eigenvalue weighted by Crippen LogP contribution is -2.34. The smallest absolute Gasteiger partial charge is 0.170 e. The molecule has 0 saturated carbocycles. The molecule has 1 aliphatic rings. The Morgan fingerprint density at radius 1 is 1.39 bits per heavy atom. The third kappa shape index (κ3) is 1.93. The molecule has 0 atom stereocenters. The number of halogens is 1. The van der Waals surface area contributed by atoms with E-state index in [1.165, 1.54) is 12.1 Å². The van der Waals surface area contributed by atoms with Crippen LogP contribution in [0.15, 0.2) is 28.8 Å². The highest BCUT2D eigenvalue weighted by Gasteiger charge is 2.23. The van der Waals surface area contributed by atoms with Crippen molar-refractivity contribution < 1.29 is 8.91 Å². The SMILES string of the molecule is CC1(C)C=C(c2noc3cc(F)ccc23)CNC1. The van der Waals surface area contributed by atoms with E-state index in [9.17, 15) is 4.39 Å². The molecule has 0 fully saturated rings. The third-order valence-corrected chi connectivity index (χ3v) is 3.20. The summed E-state index contributed by atoms with van der Waals surface area (Å²) in [4.78, 5) is 0. The first-order valence-corrected chi connectivity index (χ1v) is 6.03. The van der Waals surface area contributed by atoms with Gasteiger partial charge in [0.15, 0.2) is 5.58 Å². The van der Waals surface area contributed by atoms with E-state index in [-0.39, 0.29) is 11.2 Å². The Labute approximate surface area is 105 Å². The monoisotopic (exact) mass is 246 g/mol. The average Bonchev–Trinajstić information content (AvgIpc) is 2.70. The van der Waals surface area contributed by atoms with E-state index < -0.39 is 0 Å². The van der Waals surface area contributed by atoms with Gasteiger partial charge in [-0.25, -0.2) is 4.39 Å². The largest absolute Gasteiger partial charge is 0.356 e. The Bertz CT molecular complexity index is 628. The van der Waals surface area contributed by atoms with Gasteiger partial charge < -0.3 is 9.84 Å². The van der Waals surface area contributed by atoms with E-state index in [4.69, 9.17) is 4.52 Å². The van der Waals surface area contributed by atoms with Crippen LogP contribution in [0.2, 0.25) is 0 Å². The van der Waals surface area contributed by atoms with E-state index >= 15 is 0 Å². The first-order chi connectivity index (χ1) is 8.55. The Kier molecular flexibility index (Phi) is 2.48. The molecular weight excluding hydrogens is 231 g/mol. The van der Waals surface area contributed by atoms with Crippen molar-refractivity contribution in [1.82, 2.24) is 10.5 Å². The zero-order chi connectivity index (χ0) is 12.8. The van der Waals surface area contributed by atoms with E-state index in [1.807, 2.05) is 0 Å². The molecule has 1 aromatic heterocycles. The molecule has 94 valence electrons. The van der Waals surface area contributed by atoms with Crippen LogP contribution in [-0.2, 0) is 0 Å². The second-order valence-electron chi connectivity index (χ2n) is 5.43. The number of nitrogens with one attached hydrogen (secondary N) is 1. The van der Waals surface area contributed by atoms with Gasteiger partial charge in [-0.05, 0) is 23.1 Å². The predicted octanol–water partition coefficient (Wildman–Crippen LogP) is 2.98. The third-order valence-electron chi connectivity index (χ3n) is 3.20. The second-order valence-corrected chi connectivity index (χ2v) is 5.43. The van der Waals surface area contributed by atoms with Crippen LogP contribution in [0.1, 0.15) is 19.5 Å². The van der Waals surface area contributed by atoms with Gasteiger partial charge in [0.05, 0.1) is 0 Å². The number of hydrogen-bond donors (Lipinski definition) is 1. The summed E-state index contributed by atoms with van der Waals surface area (Å²) < 4.78 is 18.3. The molecule has 3 rings (SSSR count). The van der Waals surface area contributed by atoms with Gasteiger partial charge in [0.1, 0.15) is 11.5 Å². The lowest BCUT2D eigenvalue weighted by Gasteiger charge is -2.27. The van der Waals surface area contributed by atoms with Gasteiger partial charge in [-0.3, -0.25) is 0 Å². The Morgan fingerprint density at radius 3 is 3.00 bits per heavy atom. The van der Waals surface area contributed by atoms with Crippen molar-refractivity contribution in [3.05, 3.63) is 35.8 Å². The first-order valence-electron chi connectivity index (χ1n) is 6.03. The van der Waals surface area contributed by atoms with Crippen LogP contribution >= 0.6 is 0 Å². The van der Waals surface area contributed by atoms with Gasteiger partial charge in [0.2, 0.25) is 0 Å². The molecule has 0 radical (unpaired) electrons. The van der Waals surface area contributed by atoms with Gasteiger partial charge in [0.25, 0.3) is 0 Å². The van der Waals surface area contributed by atoms with Crippen LogP contribution in [0.25, 0.3) is 16.5 Å². The van der Waals surface area contributed by atoms with E-state index in [0.717, 1.165) is 29.7 Å². The van der Waals surface area contributed by atoms with Crippen molar-refractivity contribution in [3.63, 3.8) is 0 Å². The summed E-state index contributed by atoms with van der Waals surface area (Å²) in [5, 5.41) is 8.30. The topological polar surface area (TPSA) is 38.1 Å². The summed E-state index contributed by atoms with van der Waals surface area (Å²) in [6, 6.07) is 4.53. The van der Waals surface area contributed by atoms with Gasteiger partial charge >= 0.3 is 0 Å². The molecule has 2 heterocycles. The standard InChI is InChI=1S/C14H15FN2O/c1-14(2)6-9(7-16-8-14)13-11-4-3-10(15)5-12(11)18-17-13/h3-6,16H,7-8H2,1-2H3. The summed E-state index contributed by atoms with van der Waals surface area (Å²) >= 11 is 0. The molecule has 0 bridgehead atoms. The van der Waals surface area contributed by atoms with Crippen molar-refractivity contribution in [3.8, 4) is 0 Å². The summed E-state index contributed by atoms with van der Waals surface area (Å²) in [6.45, 7) is 6.05. The average molecular weight is 246 g/mol. The number of rotatable bonds is 1. The molecule has 0 amide bonds. The highest BCUT2D eigenvalue weighted by atomic mass is 19.1. The molecule has 2 aromatic rings. The highest BCUT2D eigenvalue weighted by molar-refractivity contribution is 5.89. The molecule has 0 saturated heterocycles. The van der Waals surface area contributed by atoms with Crippen molar-refractivity contribution in [2.75, 3.05) is 13.1 Å². The minimum Gasteiger partial charge on any atom is -0.356 e. The van der Waals surface area contributed by atoms with Crippen LogP contribution in [0, 0.1) is 11.2 Å². The number of benzene rings is 1. The normalized spacial score (nSPS) is 18.9. The molecule has 1 aliphatic heterocycles. The fourth-order valence-electron chi connectivity index (χ4n) is 2.39. The summed E-state index contributed by atoms with van der Waals surface area (Å²) in [6.07, 6.45) is 2.21. The number of hydrogen-bond acceptors (Lipinski definition) is 3. The van der Waals surface area contributed by atoms with Crippen molar-refractivity contribution in [2.24, 2.45) is 5.41 Å². The van der Waals surface area contributed by atoms with E-state index in [1.54, 1.807) is 6.07 Å². The van der Waals surface area contributed by atoms with Gasteiger partial charge in [0, 0.05) is 24.5 Å². The van der Waals surface area contributed by atoms with Crippen LogP contribution in [0.4, 0.5) is 4.39 Å². The lowest BCUT2D eigenvalue weighted by atomic mass is 9.86. The molecule has 1 N–H and O–H groups in total. The maximum Gasteiger partial charge on any atom is 0.170 e. The van der Waals surface area contributed by atoms with Crippen LogP contribution in [0.5, 0.6) is 0 Å². The minimum absolute atomic E-state index is 0.0961. The van der Waals surface area contributed by atoms with Gasteiger partial charge in [-0.2, -0.15) is 0 Å². The van der Waals surface area contributed by atoms with Crippen LogP contribution < -0.4 is 5.32 Å². The second kappa shape index (κ2) is 3.92. The zero-order valence-corrected chi connectivity index (χ0v) is 10.5. The molecule has 3 nitrogen and oxygen atoms in total. The highest BCUT2D eigenvalue weighted by Crippen LogP contribution is 2.30. The molecule has 1 aromatic carbocycles. The molecule has 0 aliphatic carbocycles. The summed E-state index contributed by atoms with van der Waals surface area (Å²) in [5.41, 5.74) is 2.51. The van der Waals surface area contributed by atoms with Crippen molar-refractivity contribution in [1.29, 1.82) is 0 Å². The van der Waals surface area contributed by atoms with E-state index in [2.05, 4.69) is 30.4 Å². The Balaban J connectivity index is 2.12. The van der Waals surface area contributed by atoms with E-state index in [0.29, 0.717) is 5.58 Å². The maximum absolute atomic E-state index is 13.1. The molecule has 0 unspecified atom stereocenters. The summed E-state index contributed by atoms with van der Waals surface area (Å²) in [5.74, 6) is -0.304. The minimum atomic E-state index is -0.304. The van der Waals surface area contributed by atoms with Crippen LogP contribution in [0.3, 0.4) is 0 Å². The van der Waals surface area contributed by atoms with Gasteiger partial charge in [-0.1, -0.05) is 25.1 Å². The van der Waals surface area contributed by atoms with Crippen molar-refractivity contribution in [2.45, 2.75) is 13.8 Å². The van der Waals surface area contributed by atoms with Gasteiger partial charge in [-0.15, -0.1) is 0 Å².